The lowest BCUT2D eigenvalue weighted by Gasteiger charge is -2.33. The maximum absolute atomic E-state index is 5.51. The Bertz CT molecular complexity index is 248. The maximum atomic E-state index is 5.51. The number of terminal acetylenes is 1. The summed E-state index contributed by atoms with van der Waals surface area (Å²) in [5.74, 6) is 2.77. The molecule has 0 N–H and O–H groups in total. The number of allylic oxidation sites excluding steroid dienone is 2. The van der Waals surface area contributed by atoms with Crippen LogP contribution in [0.15, 0.2) is 11.3 Å². The molecule has 0 aromatic carbocycles. The fourth-order valence-electron chi connectivity index (χ4n) is 2.79. The molecule has 0 saturated heterocycles. The molecule has 0 aliphatic heterocycles. The molecule has 0 aromatic heterocycles. The zero-order chi connectivity index (χ0) is 13.9. The summed E-state index contributed by atoms with van der Waals surface area (Å²) in [5, 5.41) is 1.58. The van der Waals surface area contributed by atoms with Gasteiger partial charge in [-0.15, -0.1) is 6.42 Å². The average Bonchev–Trinajstić information content (AvgIpc) is 2.38. The molecule has 0 heterocycles. The maximum Gasteiger partial charge on any atom is 0.0820 e. The van der Waals surface area contributed by atoms with E-state index in [1.54, 1.807) is 5.20 Å². The summed E-state index contributed by atoms with van der Waals surface area (Å²) in [6, 6.07) is 4.36. The van der Waals surface area contributed by atoms with E-state index in [4.69, 9.17) is 6.42 Å². The second kappa shape index (κ2) is 10.4. The third kappa shape index (κ3) is 5.91. The van der Waals surface area contributed by atoms with Gasteiger partial charge in [0.1, 0.15) is 0 Å². The van der Waals surface area contributed by atoms with E-state index in [1.165, 1.54) is 56.7 Å². The molecule has 0 aliphatic rings. The summed E-state index contributed by atoms with van der Waals surface area (Å²) in [5.41, 5.74) is 0. The molecule has 0 radical (unpaired) electrons. The Morgan fingerprint density at radius 3 is 1.61 bits per heavy atom. The molecule has 0 fully saturated rings. The summed E-state index contributed by atoms with van der Waals surface area (Å²) < 4.78 is 0. The van der Waals surface area contributed by atoms with Gasteiger partial charge in [0.2, 0.25) is 0 Å². The Kier molecular flexibility index (Phi) is 10.2. The van der Waals surface area contributed by atoms with Gasteiger partial charge in [0.05, 0.1) is 8.07 Å². The predicted molar refractivity (Wildman–Crippen MR) is 87.5 cm³/mol. The van der Waals surface area contributed by atoms with Gasteiger partial charge in [0.15, 0.2) is 0 Å². The van der Waals surface area contributed by atoms with Crippen molar-refractivity contribution < 1.29 is 0 Å². The Hall–Kier alpha value is -0.483. The predicted octanol–water partition coefficient (Wildman–Crippen LogP) is 5.95. The highest BCUT2D eigenvalue weighted by Gasteiger charge is 2.32. The molecule has 0 aromatic rings. The molecular weight excluding hydrogens is 232 g/mol. The van der Waals surface area contributed by atoms with Crippen LogP contribution in [-0.4, -0.2) is 8.07 Å². The van der Waals surface area contributed by atoms with E-state index < -0.39 is 8.07 Å². The molecule has 0 atom stereocenters. The topological polar surface area (TPSA) is 0 Å². The van der Waals surface area contributed by atoms with Gasteiger partial charge in [0.25, 0.3) is 0 Å². The molecule has 0 rings (SSSR count). The lowest BCUT2D eigenvalue weighted by molar-refractivity contribution is 0.796. The van der Waals surface area contributed by atoms with E-state index in [2.05, 4.69) is 39.7 Å². The van der Waals surface area contributed by atoms with Crippen LogP contribution in [0.25, 0.3) is 0 Å². The van der Waals surface area contributed by atoms with Crippen LogP contribution >= 0.6 is 0 Å². The van der Waals surface area contributed by atoms with E-state index in [1.807, 2.05) is 0 Å². The summed E-state index contributed by atoms with van der Waals surface area (Å²) in [6.45, 7) is 9.23. The molecule has 0 aliphatic carbocycles. The first kappa shape index (κ1) is 17.5. The van der Waals surface area contributed by atoms with Gasteiger partial charge >= 0.3 is 0 Å². The molecule has 0 nitrogen and oxygen atoms in total. The monoisotopic (exact) mass is 264 g/mol. The van der Waals surface area contributed by atoms with Gasteiger partial charge in [0, 0.05) is 0 Å². The van der Waals surface area contributed by atoms with Gasteiger partial charge in [-0.3, -0.25) is 0 Å². The van der Waals surface area contributed by atoms with Gasteiger partial charge in [-0.25, -0.2) is 0 Å². The standard InChI is InChI=1S/C17H32Si/c1-6-10-14-18(15-11-7-2,16-12-8-3)17(5)13-9-4/h4,13H,6-8,10-12,14-16H2,1-3,5H3/b17-13+. The second-order valence-corrected chi connectivity index (χ2v) is 10.4. The first-order valence-electron chi connectivity index (χ1n) is 7.80. The number of hydrogen-bond acceptors (Lipinski definition) is 0. The van der Waals surface area contributed by atoms with Crippen LogP contribution in [0.2, 0.25) is 18.1 Å². The normalized spacial score (nSPS) is 12.5. The Balaban J connectivity index is 4.97. The van der Waals surface area contributed by atoms with Crippen LogP contribution in [0.5, 0.6) is 0 Å². The van der Waals surface area contributed by atoms with Crippen molar-refractivity contribution in [2.45, 2.75) is 84.4 Å². The fourth-order valence-corrected chi connectivity index (χ4v) is 8.20. The highest BCUT2D eigenvalue weighted by Crippen LogP contribution is 2.34. The van der Waals surface area contributed by atoms with Crippen molar-refractivity contribution in [2.75, 3.05) is 0 Å². The van der Waals surface area contributed by atoms with Crippen molar-refractivity contribution in [3.63, 3.8) is 0 Å². The van der Waals surface area contributed by atoms with Gasteiger partial charge in [-0.2, -0.15) is 0 Å². The van der Waals surface area contributed by atoms with Crippen LogP contribution in [0.1, 0.15) is 66.2 Å². The highest BCUT2D eigenvalue weighted by molar-refractivity contribution is 6.86. The minimum Gasteiger partial charge on any atom is -0.115 e. The van der Waals surface area contributed by atoms with E-state index in [0.29, 0.717) is 0 Å². The summed E-state index contributed by atoms with van der Waals surface area (Å²) in [4.78, 5) is 0. The second-order valence-electron chi connectivity index (χ2n) is 5.59. The van der Waals surface area contributed by atoms with Crippen molar-refractivity contribution in [1.82, 2.24) is 0 Å². The molecule has 0 saturated carbocycles. The van der Waals surface area contributed by atoms with Crippen LogP contribution in [-0.2, 0) is 0 Å². The lowest BCUT2D eigenvalue weighted by Crippen LogP contribution is -2.36. The van der Waals surface area contributed by atoms with Crippen molar-refractivity contribution in [3.8, 4) is 12.3 Å². The van der Waals surface area contributed by atoms with E-state index in [0.717, 1.165) is 0 Å². The van der Waals surface area contributed by atoms with Gasteiger partial charge in [-0.05, 0) is 13.0 Å². The summed E-state index contributed by atoms with van der Waals surface area (Å²) in [7, 11) is -1.26. The summed E-state index contributed by atoms with van der Waals surface area (Å²) in [6.07, 6.45) is 15.7. The van der Waals surface area contributed by atoms with Crippen LogP contribution in [0, 0.1) is 12.3 Å². The van der Waals surface area contributed by atoms with Crippen molar-refractivity contribution in [2.24, 2.45) is 0 Å². The lowest BCUT2D eigenvalue weighted by atomic mass is 10.4. The zero-order valence-electron chi connectivity index (χ0n) is 13.0. The molecule has 0 amide bonds. The Morgan fingerprint density at radius 1 is 0.944 bits per heavy atom. The number of rotatable bonds is 10. The van der Waals surface area contributed by atoms with Gasteiger partial charge < -0.3 is 0 Å². The molecule has 18 heavy (non-hydrogen) atoms. The molecular formula is C17H32Si. The Labute approximate surface area is 116 Å². The SMILES string of the molecule is C#C/C=C(\C)[Si](CCCC)(CCCC)CCCC. The first-order valence-corrected chi connectivity index (χ1v) is 10.4. The fraction of sp³-hybridized carbons (Fsp3) is 0.765. The van der Waals surface area contributed by atoms with E-state index >= 15 is 0 Å². The first-order chi connectivity index (χ1) is 8.66. The minimum absolute atomic E-state index is 1.26. The molecule has 0 spiro atoms. The third-order valence-corrected chi connectivity index (χ3v) is 9.91. The minimum atomic E-state index is -1.26. The molecule has 0 bridgehead atoms. The third-order valence-electron chi connectivity index (χ3n) is 4.16. The van der Waals surface area contributed by atoms with E-state index in [9.17, 15) is 0 Å². The smallest absolute Gasteiger partial charge is 0.0820 e. The molecule has 1 heteroatoms. The highest BCUT2D eigenvalue weighted by atomic mass is 28.3. The molecule has 104 valence electrons. The zero-order valence-corrected chi connectivity index (χ0v) is 14.0. The van der Waals surface area contributed by atoms with Crippen LogP contribution in [0.3, 0.4) is 0 Å². The molecule has 0 unspecified atom stereocenters. The average molecular weight is 265 g/mol. The van der Waals surface area contributed by atoms with Crippen LogP contribution < -0.4 is 0 Å². The van der Waals surface area contributed by atoms with Gasteiger partial charge in [-0.1, -0.05) is 88.5 Å². The Morgan fingerprint density at radius 2 is 1.33 bits per heavy atom. The largest absolute Gasteiger partial charge is 0.115 e. The van der Waals surface area contributed by atoms with Crippen molar-refractivity contribution >= 4 is 8.07 Å². The van der Waals surface area contributed by atoms with Crippen LogP contribution in [0.4, 0.5) is 0 Å². The number of unbranched alkanes of at least 4 members (excludes halogenated alkanes) is 3. The summed E-state index contributed by atoms with van der Waals surface area (Å²) >= 11 is 0. The number of hydrogen-bond donors (Lipinski definition) is 0. The van der Waals surface area contributed by atoms with E-state index in [-0.39, 0.29) is 0 Å². The van der Waals surface area contributed by atoms with Crippen molar-refractivity contribution in [1.29, 1.82) is 0 Å². The van der Waals surface area contributed by atoms with Crippen molar-refractivity contribution in [3.05, 3.63) is 11.3 Å². The quantitative estimate of drug-likeness (QED) is 0.337.